The van der Waals surface area contributed by atoms with Crippen molar-refractivity contribution in [1.82, 2.24) is 10.6 Å². The topological polar surface area (TPSA) is 145 Å². The van der Waals surface area contributed by atoms with Crippen molar-refractivity contribution >= 4 is 35.8 Å². The second-order valence-corrected chi connectivity index (χ2v) is 7.02. The number of ether oxygens (including phenoxy) is 2. The third-order valence-corrected chi connectivity index (χ3v) is 4.00. The Labute approximate surface area is 182 Å². The van der Waals surface area contributed by atoms with Gasteiger partial charge in [0, 0.05) is 25.9 Å². The number of carbonyl (C=O) groups is 6. The summed E-state index contributed by atoms with van der Waals surface area (Å²) in [5, 5.41) is 4.94. The molecule has 31 heavy (non-hydrogen) atoms. The Kier molecular flexibility index (Phi) is 17.5. The van der Waals surface area contributed by atoms with Gasteiger partial charge in [0.15, 0.2) is 0 Å². The van der Waals surface area contributed by atoms with Crippen molar-refractivity contribution in [3.8, 4) is 0 Å². The summed E-state index contributed by atoms with van der Waals surface area (Å²) in [6, 6.07) is 0. The summed E-state index contributed by atoms with van der Waals surface area (Å²) in [4.78, 5) is 66.9. The molecule has 0 saturated heterocycles. The maximum Gasteiger partial charge on any atom is 0.315 e. The van der Waals surface area contributed by atoms with Crippen LogP contribution in [0.15, 0.2) is 0 Å². The molecule has 0 spiro atoms. The fraction of sp³-hybridized carbons (Fsp3) is 0.714. The van der Waals surface area contributed by atoms with Crippen molar-refractivity contribution in [1.29, 1.82) is 0 Å². The van der Waals surface area contributed by atoms with E-state index in [9.17, 15) is 28.8 Å². The van der Waals surface area contributed by atoms with E-state index in [2.05, 4.69) is 10.6 Å². The number of amides is 2. The van der Waals surface area contributed by atoms with E-state index >= 15 is 0 Å². The highest BCUT2D eigenvalue weighted by atomic mass is 16.5. The summed E-state index contributed by atoms with van der Waals surface area (Å²) >= 11 is 0. The summed E-state index contributed by atoms with van der Waals surface area (Å²) in [7, 11) is 0. The van der Waals surface area contributed by atoms with Crippen molar-refractivity contribution in [3.05, 3.63) is 0 Å². The standard InChI is InChI=1S/C21H34N2O8/c1-17(25)15-18(26)22-10-11-23-19(27)16-21(29)31-14-8-4-5-9-20(28)30-13-7-3-2-6-12-24/h12H,2-11,13-16H2,1H3,(H,22,26)(H,23,27). The molecule has 176 valence electrons. The second-order valence-electron chi connectivity index (χ2n) is 7.02. The second kappa shape index (κ2) is 19.2. The minimum Gasteiger partial charge on any atom is -0.466 e. The maximum atomic E-state index is 11.6. The molecule has 2 amide bonds. The molecule has 0 aliphatic carbocycles. The number of hydrogen-bond donors (Lipinski definition) is 2. The highest BCUT2D eigenvalue weighted by Crippen LogP contribution is 2.04. The van der Waals surface area contributed by atoms with E-state index in [1.54, 1.807) is 0 Å². The Bertz CT molecular complexity index is 592. The fourth-order valence-electron chi connectivity index (χ4n) is 2.44. The first-order valence-electron chi connectivity index (χ1n) is 10.6. The minimum absolute atomic E-state index is 0.143. The van der Waals surface area contributed by atoms with Gasteiger partial charge < -0.3 is 24.9 Å². The Morgan fingerprint density at radius 1 is 0.710 bits per heavy atom. The number of hydrogen-bond acceptors (Lipinski definition) is 8. The number of ketones is 1. The average Bonchev–Trinajstić information content (AvgIpc) is 2.70. The predicted octanol–water partition coefficient (Wildman–Crippen LogP) is 0.994. The van der Waals surface area contributed by atoms with Crippen LogP contribution < -0.4 is 10.6 Å². The lowest BCUT2D eigenvalue weighted by atomic mass is 10.2. The van der Waals surface area contributed by atoms with E-state index < -0.39 is 24.2 Å². The van der Waals surface area contributed by atoms with Gasteiger partial charge in [-0.25, -0.2) is 0 Å². The van der Waals surface area contributed by atoms with Crippen LogP contribution in [0, 0.1) is 0 Å². The molecule has 0 aromatic rings. The molecule has 0 aliphatic rings. The van der Waals surface area contributed by atoms with Crippen LogP contribution in [0.3, 0.4) is 0 Å². The predicted molar refractivity (Wildman–Crippen MR) is 111 cm³/mol. The Balaban J connectivity index is 3.55. The van der Waals surface area contributed by atoms with Crippen LogP contribution >= 0.6 is 0 Å². The molecule has 0 bridgehead atoms. The number of rotatable bonds is 19. The van der Waals surface area contributed by atoms with Crippen LogP contribution in [-0.2, 0) is 38.2 Å². The van der Waals surface area contributed by atoms with E-state index in [0.29, 0.717) is 38.7 Å². The zero-order valence-electron chi connectivity index (χ0n) is 18.2. The quantitative estimate of drug-likeness (QED) is 0.130. The number of esters is 2. The molecule has 0 radical (unpaired) electrons. The van der Waals surface area contributed by atoms with E-state index in [1.165, 1.54) is 6.92 Å². The molecule has 0 aliphatic heterocycles. The van der Waals surface area contributed by atoms with E-state index in [4.69, 9.17) is 9.47 Å². The highest BCUT2D eigenvalue weighted by molar-refractivity contribution is 5.96. The summed E-state index contributed by atoms with van der Waals surface area (Å²) in [5.74, 6) is -2.09. The van der Waals surface area contributed by atoms with E-state index in [-0.39, 0.29) is 37.9 Å². The first-order chi connectivity index (χ1) is 14.8. The van der Waals surface area contributed by atoms with E-state index in [0.717, 1.165) is 25.5 Å². The molecule has 0 rings (SSSR count). The number of carbonyl (C=O) groups excluding carboxylic acids is 6. The molecule has 2 N–H and O–H groups in total. The molecular weight excluding hydrogens is 408 g/mol. The van der Waals surface area contributed by atoms with Gasteiger partial charge in [-0.15, -0.1) is 0 Å². The van der Waals surface area contributed by atoms with Gasteiger partial charge in [0.1, 0.15) is 18.5 Å². The lowest BCUT2D eigenvalue weighted by Gasteiger charge is -2.07. The molecule has 0 aromatic carbocycles. The van der Waals surface area contributed by atoms with Gasteiger partial charge in [0.05, 0.1) is 19.6 Å². The fourth-order valence-corrected chi connectivity index (χ4v) is 2.44. The molecule has 0 saturated carbocycles. The van der Waals surface area contributed by atoms with Gasteiger partial charge in [0.25, 0.3) is 0 Å². The molecule has 0 aromatic heterocycles. The molecular formula is C21H34N2O8. The Morgan fingerprint density at radius 2 is 1.26 bits per heavy atom. The van der Waals surface area contributed by atoms with Gasteiger partial charge in [-0.1, -0.05) is 0 Å². The van der Waals surface area contributed by atoms with Gasteiger partial charge in [-0.3, -0.25) is 24.0 Å². The zero-order chi connectivity index (χ0) is 23.3. The first kappa shape index (κ1) is 28.2. The summed E-state index contributed by atoms with van der Waals surface area (Å²) in [6.45, 7) is 2.14. The van der Waals surface area contributed by atoms with Crippen LogP contribution in [0.5, 0.6) is 0 Å². The third-order valence-electron chi connectivity index (χ3n) is 4.00. The van der Waals surface area contributed by atoms with E-state index in [1.807, 2.05) is 0 Å². The van der Waals surface area contributed by atoms with Crippen LogP contribution in [0.1, 0.15) is 71.1 Å². The maximum absolute atomic E-state index is 11.6. The van der Waals surface area contributed by atoms with Crippen molar-refractivity contribution in [2.24, 2.45) is 0 Å². The largest absolute Gasteiger partial charge is 0.466 e. The molecule has 0 atom stereocenters. The van der Waals surface area contributed by atoms with Gasteiger partial charge in [-0.05, 0) is 45.4 Å². The van der Waals surface area contributed by atoms with Crippen molar-refractivity contribution in [2.45, 2.75) is 71.1 Å². The monoisotopic (exact) mass is 442 g/mol. The normalized spacial score (nSPS) is 10.1. The number of nitrogens with one attached hydrogen (secondary N) is 2. The highest BCUT2D eigenvalue weighted by Gasteiger charge is 2.11. The first-order valence-corrected chi connectivity index (χ1v) is 10.6. The van der Waals surface area contributed by atoms with Gasteiger partial charge in [0.2, 0.25) is 11.8 Å². The minimum atomic E-state index is -0.646. The molecule has 10 heteroatoms. The summed E-state index contributed by atoms with van der Waals surface area (Å²) in [6.07, 6.45) is 5.39. The van der Waals surface area contributed by atoms with Crippen LogP contribution in [-0.4, -0.2) is 62.1 Å². The zero-order valence-corrected chi connectivity index (χ0v) is 18.2. The number of aldehydes is 1. The lowest BCUT2D eigenvalue weighted by Crippen LogP contribution is -2.36. The average molecular weight is 443 g/mol. The SMILES string of the molecule is CC(=O)CC(=O)NCCNC(=O)CC(=O)OCCCCCC(=O)OCCCCCC=O. The summed E-state index contributed by atoms with van der Waals surface area (Å²) < 4.78 is 10.1. The molecule has 0 heterocycles. The summed E-state index contributed by atoms with van der Waals surface area (Å²) in [5.41, 5.74) is 0. The van der Waals surface area contributed by atoms with Crippen molar-refractivity contribution in [3.63, 3.8) is 0 Å². The van der Waals surface area contributed by atoms with Crippen LogP contribution in [0.4, 0.5) is 0 Å². The van der Waals surface area contributed by atoms with Crippen LogP contribution in [0.2, 0.25) is 0 Å². The molecule has 10 nitrogen and oxygen atoms in total. The van der Waals surface area contributed by atoms with Gasteiger partial charge in [-0.2, -0.15) is 0 Å². The van der Waals surface area contributed by atoms with Crippen molar-refractivity contribution < 1.29 is 38.2 Å². The van der Waals surface area contributed by atoms with Crippen LogP contribution in [0.25, 0.3) is 0 Å². The third kappa shape index (κ3) is 20.3. The smallest absolute Gasteiger partial charge is 0.315 e. The lowest BCUT2D eigenvalue weighted by molar-refractivity contribution is -0.147. The molecule has 0 fully saturated rings. The Hall–Kier alpha value is -2.78. The number of unbranched alkanes of at least 4 members (excludes halogenated alkanes) is 5. The number of Topliss-reactive ketones (excluding diaryl/α,β-unsaturated/α-hetero) is 1. The Morgan fingerprint density at radius 3 is 1.84 bits per heavy atom. The molecule has 0 unspecified atom stereocenters. The van der Waals surface area contributed by atoms with Gasteiger partial charge >= 0.3 is 11.9 Å². The van der Waals surface area contributed by atoms with Crippen molar-refractivity contribution in [2.75, 3.05) is 26.3 Å².